The van der Waals surface area contributed by atoms with Crippen LogP contribution in [0.3, 0.4) is 0 Å². The van der Waals surface area contributed by atoms with Crippen molar-refractivity contribution in [3.8, 4) is 0 Å². The van der Waals surface area contributed by atoms with E-state index < -0.39 is 3.79 Å². The number of rotatable bonds is 0. The highest BCUT2D eigenvalue weighted by Gasteiger charge is 2.31. The molecule has 0 amide bonds. The lowest BCUT2D eigenvalue weighted by molar-refractivity contribution is -0.00000257. The summed E-state index contributed by atoms with van der Waals surface area (Å²) in [4.78, 5) is 1.83. The van der Waals surface area contributed by atoms with Gasteiger partial charge in [0.15, 0.2) is 0 Å². The highest BCUT2D eigenvalue weighted by molar-refractivity contribution is 6.76. The van der Waals surface area contributed by atoms with Crippen LogP contribution in [0.25, 0.3) is 0 Å². The third-order valence-electron chi connectivity index (χ3n) is 1.94. The molecule has 6 heteroatoms. The Bertz CT molecular complexity index is 172. The van der Waals surface area contributed by atoms with E-state index in [4.69, 9.17) is 40.2 Å². The van der Waals surface area contributed by atoms with Crippen LogP contribution in [0, 0.1) is 5.41 Å². The summed E-state index contributed by atoms with van der Waals surface area (Å²) in [6.45, 7) is 1.68. The third kappa shape index (κ3) is 4.11. The van der Waals surface area contributed by atoms with E-state index in [-0.39, 0.29) is 18.2 Å². The SMILES string of the molecule is N=C(N1CCCCC1)C(Cl)(Cl)Cl.[Cl-]. The number of nitrogens with one attached hydrogen (secondary N) is 1. The van der Waals surface area contributed by atoms with Gasteiger partial charge < -0.3 is 17.3 Å². The summed E-state index contributed by atoms with van der Waals surface area (Å²) in [7, 11) is 0. The third-order valence-corrected chi connectivity index (χ3v) is 2.48. The second kappa shape index (κ2) is 5.50. The molecule has 0 spiro atoms. The fourth-order valence-electron chi connectivity index (χ4n) is 1.30. The zero-order valence-electron chi connectivity index (χ0n) is 6.99. The molecule has 1 fully saturated rings. The smallest absolute Gasteiger partial charge is 0.247 e. The predicted molar refractivity (Wildman–Crippen MR) is 53.4 cm³/mol. The first-order chi connectivity index (χ1) is 5.52. The number of amidine groups is 1. The second-order valence-electron chi connectivity index (χ2n) is 2.89. The van der Waals surface area contributed by atoms with Crippen molar-refractivity contribution in [3.05, 3.63) is 0 Å². The van der Waals surface area contributed by atoms with E-state index in [1.165, 1.54) is 6.42 Å². The van der Waals surface area contributed by atoms with Crippen molar-refractivity contribution in [1.82, 2.24) is 4.90 Å². The molecule has 0 aliphatic carbocycles. The molecule has 0 unspecified atom stereocenters. The molecule has 13 heavy (non-hydrogen) atoms. The Labute approximate surface area is 99.4 Å². The molecule has 1 aliphatic heterocycles. The maximum atomic E-state index is 7.56. The number of hydrogen-bond donors (Lipinski definition) is 1. The van der Waals surface area contributed by atoms with Crippen LogP contribution in [-0.4, -0.2) is 27.6 Å². The van der Waals surface area contributed by atoms with Crippen molar-refractivity contribution in [3.63, 3.8) is 0 Å². The number of hydrogen-bond acceptors (Lipinski definition) is 1. The molecule has 78 valence electrons. The molecule has 2 nitrogen and oxygen atoms in total. The van der Waals surface area contributed by atoms with Crippen LogP contribution in [0.2, 0.25) is 0 Å². The lowest BCUT2D eigenvalue weighted by atomic mass is 10.1. The first-order valence-electron chi connectivity index (χ1n) is 3.92. The highest BCUT2D eigenvalue weighted by atomic mass is 35.6. The van der Waals surface area contributed by atoms with Gasteiger partial charge in [-0.2, -0.15) is 0 Å². The Morgan fingerprint density at radius 2 is 1.54 bits per heavy atom. The summed E-state index contributed by atoms with van der Waals surface area (Å²) < 4.78 is -1.56. The Kier molecular flexibility index (Phi) is 5.76. The summed E-state index contributed by atoms with van der Waals surface area (Å²) >= 11 is 16.7. The van der Waals surface area contributed by atoms with Gasteiger partial charge in [0.05, 0.1) is 0 Å². The van der Waals surface area contributed by atoms with E-state index in [0.29, 0.717) is 0 Å². The van der Waals surface area contributed by atoms with Gasteiger partial charge in [0.1, 0.15) is 5.84 Å². The lowest BCUT2D eigenvalue weighted by Crippen LogP contribution is -3.00. The zero-order valence-corrected chi connectivity index (χ0v) is 10.0. The summed E-state index contributed by atoms with van der Waals surface area (Å²) in [6.07, 6.45) is 3.38. The Hall–Kier alpha value is 0.630. The zero-order chi connectivity index (χ0) is 9.19. The van der Waals surface area contributed by atoms with E-state index >= 15 is 0 Å². The molecule has 0 radical (unpaired) electrons. The van der Waals surface area contributed by atoms with Crippen LogP contribution in [-0.2, 0) is 0 Å². The molecule has 0 aromatic carbocycles. The number of alkyl halides is 3. The maximum absolute atomic E-state index is 7.56. The number of piperidine rings is 1. The van der Waals surface area contributed by atoms with Crippen LogP contribution in [0.4, 0.5) is 0 Å². The van der Waals surface area contributed by atoms with Crippen LogP contribution >= 0.6 is 34.8 Å². The number of nitrogens with zero attached hydrogens (tertiary/aromatic N) is 1. The minimum Gasteiger partial charge on any atom is -1.00 e. The molecule has 1 aliphatic rings. The molecule has 1 N–H and O–H groups in total. The summed E-state index contributed by atoms with van der Waals surface area (Å²) in [6, 6.07) is 0. The van der Waals surface area contributed by atoms with Crippen LogP contribution < -0.4 is 12.4 Å². The van der Waals surface area contributed by atoms with Gasteiger partial charge >= 0.3 is 0 Å². The molecule has 0 aromatic heterocycles. The Balaban J connectivity index is 0.00000144. The maximum Gasteiger partial charge on any atom is 0.247 e. The molecule has 0 atom stereocenters. The molecule has 1 saturated heterocycles. The molecular weight excluding hydrogens is 254 g/mol. The minimum atomic E-state index is -1.56. The normalized spacial score (nSPS) is 17.9. The molecule has 0 bridgehead atoms. The average molecular weight is 265 g/mol. The topological polar surface area (TPSA) is 27.1 Å². The standard InChI is InChI=1S/C7H11Cl3N2.ClH/c8-7(9,10)6(11)12-4-2-1-3-5-12;/h11H,1-5H2;1H/p-1. The lowest BCUT2D eigenvalue weighted by Gasteiger charge is -2.31. The van der Waals surface area contributed by atoms with Gasteiger partial charge in [-0.15, -0.1) is 0 Å². The van der Waals surface area contributed by atoms with Crippen molar-refractivity contribution in [2.24, 2.45) is 0 Å². The largest absolute Gasteiger partial charge is 1.00 e. The van der Waals surface area contributed by atoms with Gasteiger partial charge in [-0.05, 0) is 19.3 Å². The quantitative estimate of drug-likeness (QED) is 0.367. The minimum absolute atomic E-state index is 0. The molecule has 1 heterocycles. The van der Waals surface area contributed by atoms with Crippen molar-refractivity contribution in [1.29, 1.82) is 5.41 Å². The van der Waals surface area contributed by atoms with E-state index in [0.717, 1.165) is 25.9 Å². The van der Waals surface area contributed by atoms with Gasteiger partial charge in [0.2, 0.25) is 3.79 Å². The van der Waals surface area contributed by atoms with E-state index in [1.54, 1.807) is 0 Å². The van der Waals surface area contributed by atoms with Crippen LogP contribution in [0.5, 0.6) is 0 Å². The second-order valence-corrected chi connectivity index (χ2v) is 5.18. The van der Waals surface area contributed by atoms with E-state index in [9.17, 15) is 0 Å². The van der Waals surface area contributed by atoms with Crippen molar-refractivity contribution in [2.75, 3.05) is 13.1 Å². The molecule has 1 rings (SSSR count). The fraction of sp³-hybridized carbons (Fsp3) is 0.857. The fourth-order valence-corrected chi connectivity index (χ4v) is 1.66. The van der Waals surface area contributed by atoms with Crippen molar-refractivity contribution in [2.45, 2.75) is 23.1 Å². The first-order valence-corrected chi connectivity index (χ1v) is 5.06. The summed E-state index contributed by atoms with van der Waals surface area (Å²) in [5.74, 6) is 0.104. The van der Waals surface area contributed by atoms with E-state index in [1.807, 2.05) is 4.90 Å². The molecule has 0 saturated carbocycles. The Morgan fingerprint density at radius 1 is 1.08 bits per heavy atom. The molecule has 0 aromatic rings. The van der Waals surface area contributed by atoms with Gasteiger partial charge in [-0.1, -0.05) is 34.8 Å². The first kappa shape index (κ1) is 13.6. The highest BCUT2D eigenvalue weighted by Crippen LogP contribution is 2.29. The van der Waals surface area contributed by atoms with Crippen molar-refractivity contribution < 1.29 is 12.4 Å². The monoisotopic (exact) mass is 263 g/mol. The summed E-state index contributed by atoms with van der Waals surface area (Å²) in [5.41, 5.74) is 0. The van der Waals surface area contributed by atoms with Gasteiger partial charge in [0.25, 0.3) is 0 Å². The Morgan fingerprint density at radius 3 is 1.92 bits per heavy atom. The number of halogens is 4. The van der Waals surface area contributed by atoms with Gasteiger partial charge in [-0.3, -0.25) is 5.41 Å². The van der Waals surface area contributed by atoms with Gasteiger partial charge in [0, 0.05) is 13.1 Å². The van der Waals surface area contributed by atoms with Crippen LogP contribution in [0.1, 0.15) is 19.3 Å². The van der Waals surface area contributed by atoms with Crippen LogP contribution in [0.15, 0.2) is 0 Å². The van der Waals surface area contributed by atoms with Crippen molar-refractivity contribution >= 4 is 40.6 Å². The molecular formula is C7H11Cl4N2-. The summed E-state index contributed by atoms with van der Waals surface area (Å²) in [5, 5.41) is 7.56. The average Bonchev–Trinajstić information content (AvgIpc) is 2.03. The van der Waals surface area contributed by atoms with Gasteiger partial charge in [-0.25, -0.2) is 0 Å². The van der Waals surface area contributed by atoms with E-state index in [2.05, 4.69) is 0 Å². The number of likely N-dealkylation sites (tertiary alicyclic amines) is 1. The predicted octanol–water partition coefficient (Wildman–Crippen LogP) is -0.176.